The minimum Gasteiger partial charge on any atom is -0.497 e. The second-order valence-electron chi connectivity index (χ2n) is 7.22. The molecule has 0 aliphatic rings. The maximum atomic E-state index is 15.2. The van der Waals surface area contributed by atoms with Gasteiger partial charge in [-0.3, -0.25) is 4.31 Å². The van der Waals surface area contributed by atoms with Crippen molar-refractivity contribution in [2.24, 2.45) is 0 Å². The van der Waals surface area contributed by atoms with E-state index in [1.165, 1.54) is 29.4 Å². The number of thiazole rings is 1. The Balaban J connectivity index is 1.56. The minimum atomic E-state index is -0.313. The third-order valence-corrected chi connectivity index (χ3v) is 7.59. The number of nitrogens with zero attached hydrogens (tertiary/aromatic N) is 2. The lowest BCUT2D eigenvalue weighted by Crippen LogP contribution is -2.15. The molecule has 0 saturated carbocycles. The second-order valence-corrected chi connectivity index (χ2v) is 10.0. The molecule has 0 aliphatic carbocycles. The first kappa shape index (κ1) is 24.4. The normalized spacial score (nSPS) is 10.7. The highest BCUT2D eigenvalue weighted by Gasteiger charge is 2.19. The molecule has 4 aromatic rings. The molecule has 0 saturated heterocycles. The SMILES string of the molecule is COc1ccc(CN(Sc2cc(Br)c(NCc3ccccc3)cc2F)c2nccs2)c(OC)c1. The van der Waals surface area contributed by atoms with Crippen molar-refractivity contribution in [2.45, 2.75) is 18.0 Å². The fraction of sp³-hybridized carbons (Fsp3) is 0.160. The molecule has 3 aromatic carbocycles. The van der Waals surface area contributed by atoms with Gasteiger partial charge in [0.2, 0.25) is 0 Å². The monoisotopic (exact) mass is 559 g/mol. The summed E-state index contributed by atoms with van der Waals surface area (Å²) in [6, 6.07) is 19.0. The molecule has 0 radical (unpaired) electrons. The van der Waals surface area contributed by atoms with Crippen molar-refractivity contribution in [3.8, 4) is 11.5 Å². The largest absolute Gasteiger partial charge is 0.497 e. The van der Waals surface area contributed by atoms with E-state index in [9.17, 15) is 0 Å². The highest BCUT2D eigenvalue weighted by Crippen LogP contribution is 2.38. The van der Waals surface area contributed by atoms with Crippen molar-refractivity contribution in [3.63, 3.8) is 0 Å². The average molecular weight is 561 g/mol. The summed E-state index contributed by atoms with van der Waals surface area (Å²) in [4.78, 5) is 4.93. The Morgan fingerprint density at radius 1 is 1.09 bits per heavy atom. The maximum Gasteiger partial charge on any atom is 0.195 e. The van der Waals surface area contributed by atoms with Crippen molar-refractivity contribution in [2.75, 3.05) is 23.8 Å². The third-order valence-electron chi connectivity index (χ3n) is 5.00. The second kappa shape index (κ2) is 11.6. The van der Waals surface area contributed by atoms with E-state index in [1.807, 2.05) is 58.2 Å². The van der Waals surface area contributed by atoms with E-state index in [1.54, 1.807) is 26.5 Å². The van der Waals surface area contributed by atoms with Crippen molar-refractivity contribution >= 4 is 50.0 Å². The summed E-state index contributed by atoms with van der Waals surface area (Å²) in [7, 11) is 3.24. The van der Waals surface area contributed by atoms with E-state index in [0.29, 0.717) is 35.2 Å². The lowest BCUT2D eigenvalue weighted by Gasteiger charge is -2.22. The molecule has 34 heavy (non-hydrogen) atoms. The molecule has 1 heterocycles. The highest BCUT2D eigenvalue weighted by molar-refractivity contribution is 9.10. The third kappa shape index (κ3) is 6.02. The molecule has 0 unspecified atom stereocenters. The van der Waals surface area contributed by atoms with Crippen LogP contribution in [0.15, 0.2) is 81.6 Å². The van der Waals surface area contributed by atoms with Crippen molar-refractivity contribution < 1.29 is 13.9 Å². The summed E-state index contributed by atoms with van der Waals surface area (Å²) in [6.07, 6.45) is 1.74. The van der Waals surface area contributed by atoms with Crippen molar-refractivity contribution in [1.82, 2.24) is 4.98 Å². The van der Waals surface area contributed by atoms with Crippen molar-refractivity contribution in [1.29, 1.82) is 0 Å². The van der Waals surface area contributed by atoms with Crippen LogP contribution >= 0.6 is 39.2 Å². The van der Waals surface area contributed by atoms with E-state index in [-0.39, 0.29) is 5.82 Å². The van der Waals surface area contributed by atoms with Gasteiger partial charge in [0, 0.05) is 34.2 Å². The van der Waals surface area contributed by atoms with Gasteiger partial charge in [-0.15, -0.1) is 11.3 Å². The van der Waals surface area contributed by atoms with Gasteiger partial charge in [0.15, 0.2) is 5.13 Å². The molecule has 0 bridgehead atoms. The number of aromatic nitrogens is 1. The number of nitrogens with one attached hydrogen (secondary N) is 1. The van der Waals surface area contributed by atoms with Crippen LogP contribution in [0.3, 0.4) is 0 Å². The molecule has 176 valence electrons. The van der Waals surface area contributed by atoms with Crippen LogP contribution in [0.5, 0.6) is 11.5 Å². The molecule has 4 rings (SSSR count). The zero-order valence-electron chi connectivity index (χ0n) is 18.6. The van der Waals surface area contributed by atoms with Gasteiger partial charge in [-0.1, -0.05) is 30.3 Å². The molecular formula is C25H23BrFN3O2S2. The predicted octanol–water partition coefficient (Wildman–Crippen LogP) is 7.39. The van der Waals surface area contributed by atoms with Gasteiger partial charge in [0.05, 0.1) is 31.3 Å². The Hall–Kier alpha value is -2.75. The minimum absolute atomic E-state index is 0.313. The lowest BCUT2D eigenvalue weighted by molar-refractivity contribution is 0.391. The van der Waals surface area contributed by atoms with Crippen LogP contribution in [0.4, 0.5) is 15.2 Å². The fourth-order valence-corrected chi connectivity index (χ4v) is 5.57. The first-order valence-corrected chi connectivity index (χ1v) is 12.8. The molecule has 0 aliphatic heterocycles. The lowest BCUT2D eigenvalue weighted by atomic mass is 10.2. The molecule has 0 spiro atoms. The van der Waals surface area contributed by atoms with E-state index >= 15 is 4.39 Å². The number of rotatable bonds is 10. The van der Waals surface area contributed by atoms with Crippen molar-refractivity contribution in [3.05, 3.63) is 93.7 Å². The van der Waals surface area contributed by atoms with Gasteiger partial charge < -0.3 is 14.8 Å². The van der Waals surface area contributed by atoms with Gasteiger partial charge in [-0.05, 0) is 57.7 Å². The Morgan fingerprint density at radius 3 is 2.62 bits per heavy atom. The molecular weight excluding hydrogens is 537 g/mol. The molecule has 0 atom stereocenters. The molecule has 5 nitrogen and oxygen atoms in total. The van der Waals surface area contributed by atoms with Crippen LogP contribution in [-0.2, 0) is 13.1 Å². The van der Waals surface area contributed by atoms with Gasteiger partial charge in [0.25, 0.3) is 0 Å². The van der Waals surface area contributed by atoms with E-state index in [4.69, 9.17) is 9.47 Å². The Bertz CT molecular complexity index is 1230. The smallest absolute Gasteiger partial charge is 0.195 e. The predicted molar refractivity (Wildman–Crippen MR) is 142 cm³/mol. The molecule has 9 heteroatoms. The molecule has 0 amide bonds. The quantitative estimate of drug-likeness (QED) is 0.204. The molecule has 1 N–H and O–H groups in total. The average Bonchev–Trinajstić information content (AvgIpc) is 3.40. The summed E-state index contributed by atoms with van der Waals surface area (Å²) in [5.74, 6) is 1.10. The van der Waals surface area contributed by atoms with Crippen LogP contribution in [0.1, 0.15) is 11.1 Å². The first-order chi connectivity index (χ1) is 16.6. The summed E-state index contributed by atoms with van der Waals surface area (Å²) in [5, 5.41) is 5.96. The number of hydrogen-bond acceptors (Lipinski definition) is 7. The molecule has 1 aromatic heterocycles. The Labute approximate surface area is 215 Å². The number of methoxy groups -OCH3 is 2. The zero-order valence-corrected chi connectivity index (χ0v) is 21.8. The number of benzene rings is 3. The number of hydrogen-bond donors (Lipinski definition) is 1. The Kier molecular flexibility index (Phi) is 8.31. The van der Waals surface area contributed by atoms with Gasteiger partial charge >= 0.3 is 0 Å². The summed E-state index contributed by atoms with van der Waals surface area (Å²) >= 11 is 6.38. The fourth-order valence-electron chi connectivity index (χ4n) is 3.26. The van der Waals surface area contributed by atoms with Gasteiger partial charge in [0.1, 0.15) is 17.3 Å². The van der Waals surface area contributed by atoms with Gasteiger partial charge in [-0.2, -0.15) is 0 Å². The Morgan fingerprint density at radius 2 is 1.91 bits per heavy atom. The van der Waals surface area contributed by atoms with Crippen LogP contribution in [0.2, 0.25) is 0 Å². The van der Waals surface area contributed by atoms with Crippen LogP contribution < -0.4 is 19.1 Å². The maximum absolute atomic E-state index is 15.2. The zero-order chi connectivity index (χ0) is 23.9. The summed E-state index contributed by atoms with van der Waals surface area (Å²) < 4.78 is 28.8. The number of ether oxygens (including phenoxy) is 2. The topological polar surface area (TPSA) is 46.6 Å². The number of anilines is 2. The highest BCUT2D eigenvalue weighted by atomic mass is 79.9. The standard InChI is InChI=1S/C25H23BrFN3O2S2/c1-31-19-9-8-18(23(12-19)32-2)16-30(25-28-10-11-33-25)34-24-13-20(26)22(14-21(24)27)29-15-17-6-4-3-5-7-17/h3-14,29H,15-16H2,1-2H3. The summed E-state index contributed by atoms with van der Waals surface area (Å²) in [6.45, 7) is 1.07. The first-order valence-electron chi connectivity index (χ1n) is 10.4. The van der Waals surface area contributed by atoms with Gasteiger partial charge in [-0.25, -0.2) is 9.37 Å². The van der Waals surface area contributed by atoms with E-state index in [0.717, 1.165) is 20.7 Å². The van der Waals surface area contributed by atoms with E-state index < -0.39 is 0 Å². The van der Waals surface area contributed by atoms with Crippen LogP contribution in [0, 0.1) is 5.82 Å². The summed E-state index contributed by atoms with van der Waals surface area (Å²) in [5.41, 5.74) is 2.76. The number of halogens is 2. The van der Waals surface area contributed by atoms with Crippen LogP contribution in [-0.4, -0.2) is 19.2 Å². The molecule has 0 fully saturated rings. The van der Waals surface area contributed by atoms with Crippen LogP contribution in [0.25, 0.3) is 0 Å². The van der Waals surface area contributed by atoms with E-state index in [2.05, 4.69) is 26.2 Å².